The van der Waals surface area contributed by atoms with E-state index in [9.17, 15) is 14.7 Å². The van der Waals surface area contributed by atoms with Gasteiger partial charge in [-0.2, -0.15) is 0 Å². The molecular weight excluding hydrogens is 270 g/mol. The molecule has 0 aliphatic carbocycles. The zero-order valence-electron chi connectivity index (χ0n) is 12.6. The van der Waals surface area contributed by atoms with Gasteiger partial charge in [0.1, 0.15) is 11.8 Å². The molecule has 0 saturated heterocycles. The van der Waals surface area contributed by atoms with Gasteiger partial charge >= 0.3 is 5.97 Å². The third kappa shape index (κ3) is 5.85. The zero-order valence-corrected chi connectivity index (χ0v) is 12.6. The molecule has 1 aromatic carbocycles. The lowest BCUT2D eigenvalue weighted by atomic mass is 10.1. The summed E-state index contributed by atoms with van der Waals surface area (Å²) in [4.78, 5) is 23.8. The minimum absolute atomic E-state index is 0.0932. The Bertz CT molecular complexity index is 456. The number of carbonyl (C=O) groups excluding carboxylic acids is 2. The Hall–Kier alpha value is -2.04. The molecule has 0 spiro atoms. The van der Waals surface area contributed by atoms with Crippen LogP contribution in [0, 0.1) is 0 Å². The second-order valence-corrected chi connectivity index (χ2v) is 4.95. The Balaban J connectivity index is 2.60. The predicted octanol–water partition coefficient (Wildman–Crippen LogP) is 2.63. The van der Waals surface area contributed by atoms with Crippen LogP contribution in [0.5, 0.6) is 5.75 Å². The molecule has 0 aliphatic rings. The van der Waals surface area contributed by atoms with E-state index in [0.29, 0.717) is 12.0 Å². The summed E-state index contributed by atoms with van der Waals surface area (Å²) < 4.78 is 4.73. The lowest BCUT2D eigenvalue weighted by Gasteiger charge is -2.16. The molecule has 0 aromatic heterocycles. The van der Waals surface area contributed by atoms with E-state index in [-0.39, 0.29) is 11.7 Å². The molecule has 1 amide bonds. The maximum Gasteiger partial charge on any atom is 0.328 e. The summed E-state index contributed by atoms with van der Waals surface area (Å²) in [6.45, 7) is 2.12. The van der Waals surface area contributed by atoms with Gasteiger partial charge in [-0.25, -0.2) is 4.79 Å². The van der Waals surface area contributed by atoms with Gasteiger partial charge in [0.05, 0.1) is 7.11 Å². The summed E-state index contributed by atoms with van der Waals surface area (Å²) in [6, 6.07) is 5.26. The van der Waals surface area contributed by atoms with Gasteiger partial charge in [-0.1, -0.05) is 32.6 Å². The molecule has 116 valence electrons. The quantitative estimate of drug-likeness (QED) is 0.570. The van der Waals surface area contributed by atoms with E-state index in [1.807, 2.05) is 0 Å². The normalized spacial score (nSPS) is 11.7. The van der Waals surface area contributed by atoms with Crippen molar-refractivity contribution in [2.45, 2.75) is 45.1 Å². The predicted molar refractivity (Wildman–Crippen MR) is 80.1 cm³/mol. The number of nitrogens with one attached hydrogen (secondary N) is 1. The highest BCUT2D eigenvalue weighted by Gasteiger charge is 2.21. The van der Waals surface area contributed by atoms with Crippen molar-refractivity contribution >= 4 is 11.9 Å². The Kier molecular flexibility index (Phi) is 7.29. The first-order chi connectivity index (χ1) is 10.1. The van der Waals surface area contributed by atoms with Crippen LogP contribution in [-0.2, 0) is 9.53 Å². The maximum absolute atomic E-state index is 12.1. The van der Waals surface area contributed by atoms with E-state index in [1.54, 1.807) is 0 Å². The van der Waals surface area contributed by atoms with Crippen molar-refractivity contribution in [2.24, 2.45) is 0 Å². The molecule has 0 unspecified atom stereocenters. The minimum Gasteiger partial charge on any atom is -0.508 e. The van der Waals surface area contributed by atoms with Crippen LogP contribution in [0.15, 0.2) is 24.3 Å². The first-order valence-corrected chi connectivity index (χ1v) is 7.26. The van der Waals surface area contributed by atoms with Gasteiger partial charge < -0.3 is 15.2 Å². The minimum atomic E-state index is -0.631. The maximum atomic E-state index is 12.1. The molecule has 21 heavy (non-hydrogen) atoms. The number of hydrogen-bond donors (Lipinski definition) is 2. The van der Waals surface area contributed by atoms with E-state index in [0.717, 1.165) is 25.7 Å². The number of methoxy groups -OCH3 is 1. The molecule has 0 heterocycles. The van der Waals surface area contributed by atoms with Gasteiger partial charge in [0.15, 0.2) is 0 Å². The van der Waals surface area contributed by atoms with Crippen LogP contribution in [0.4, 0.5) is 0 Å². The topological polar surface area (TPSA) is 75.6 Å². The molecule has 2 N–H and O–H groups in total. The summed E-state index contributed by atoms with van der Waals surface area (Å²) in [5.74, 6) is -0.685. The Morgan fingerprint density at radius 3 is 2.43 bits per heavy atom. The van der Waals surface area contributed by atoms with Crippen molar-refractivity contribution in [1.29, 1.82) is 0 Å². The highest BCUT2D eigenvalue weighted by atomic mass is 16.5. The molecule has 5 heteroatoms. The van der Waals surface area contributed by atoms with Gasteiger partial charge in [-0.3, -0.25) is 4.79 Å². The first-order valence-electron chi connectivity index (χ1n) is 7.26. The van der Waals surface area contributed by atoms with Crippen LogP contribution in [0.1, 0.15) is 49.4 Å². The van der Waals surface area contributed by atoms with Gasteiger partial charge in [-0.05, 0) is 30.7 Å². The number of hydrogen-bond acceptors (Lipinski definition) is 4. The van der Waals surface area contributed by atoms with E-state index in [1.165, 1.54) is 31.4 Å². The third-order valence-corrected chi connectivity index (χ3v) is 3.27. The highest BCUT2D eigenvalue weighted by Crippen LogP contribution is 2.11. The van der Waals surface area contributed by atoms with Crippen molar-refractivity contribution in [2.75, 3.05) is 7.11 Å². The molecular formula is C16H23NO4. The van der Waals surface area contributed by atoms with Gasteiger partial charge in [0.2, 0.25) is 0 Å². The number of carbonyl (C=O) groups is 2. The summed E-state index contributed by atoms with van der Waals surface area (Å²) >= 11 is 0. The summed E-state index contributed by atoms with van der Waals surface area (Å²) in [5, 5.41) is 11.9. The van der Waals surface area contributed by atoms with Crippen LogP contribution in [0.25, 0.3) is 0 Å². The second-order valence-electron chi connectivity index (χ2n) is 4.95. The lowest BCUT2D eigenvalue weighted by molar-refractivity contribution is -0.143. The largest absolute Gasteiger partial charge is 0.508 e. The number of ether oxygens (including phenoxy) is 1. The van der Waals surface area contributed by atoms with Crippen molar-refractivity contribution in [3.63, 3.8) is 0 Å². The van der Waals surface area contributed by atoms with Gasteiger partial charge in [-0.15, -0.1) is 0 Å². The number of phenolic OH excluding ortho intramolecular Hbond substituents is 1. The van der Waals surface area contributed by atoms with Crippen LogP contribution in [0.2, 0.25) is 0 Å². The van der Waals surface area contributed by atoms with E-state index >= 15 is 0 Å². The molecule has 0 bridgehead atoms. The Morgan fingerprint density at radius 1 is 1.19 bits per heavy atom. The third-order valence-electron chi connectivity index (χ3n) is 3.27. The second kappa shape index (κ2) is 9.00. The Morgan fingerprint density at radius 2 is 1.86 bits per heavy atom. The van der Waals surface area contributed by atoms with Crippen LogP contribution < -0.4 is 5.32 Å². The summed E-state index contributed by atoms with van der Waals surface area (Å²) in [6.07, 6.45) is 4.68. The fraction of sp³-hybridized carbons (Fsp3) is 0.500. The number of amides is 1. The van der Waals surface area contributed by atoms with Gasteiger partial charge in [0, 0.05) is 5.56 Å². The van der Waals surface area contributed by atoms with Crippen molar-refractivity contribution in [3.8, 4) is 5.75 Å². The SMILES string of the molecule is CCCCCC[C@H](NC(=O)c1ccc(O)cc1)C(=O)OC. The smallest absolute Gasteiger partial charge is 0.328 e. The molecule has 0 fully saturated rings. The molecule has 0 saturated carbocycles. The number of aromatic hydroxyl groups is 1. The highest BCUT2D eigenvalue weighted by molar-refractivity contribution is 5.96. The Labute approximate surface area is 125 Å². The monoisotopic (exact) mass is 293 g/mol. The van der Waals surface area contributed by atoms with Crippen LogP contribution in [-0.4, -0.2) is 30.1 Å². The van der Waals surface area contributed by atoms with Crippen LogP contribution >= 0.6 is 0 Å². The lowest BCUT2D eigenvalue weighted by Crippen LogP contribution is -2.41. The summed E-state index contributed by atoms with van der Waals surface area (Å²) in [5.41, 5.74) is 0.398. The number of rotatable bonds is 8. The van der Waals surface area contributed by atoms with Crippen LogP contribution in [0.3, 0.4) is 0 Å². The molecule has 1 rings (SSSR count). The molecule has 0 radical (unpaired) electrons. The molecule has 1 atom stereocenters. The average molecular weight is 293 g/mol. The molecule has 5 nitrogen and oxygen atoms in total. The first kappa shape index (κ1) is 17.0. The number of esters is 1. The fourth-order valence-corrected chi connectivity index (χ4v) is 2.02. The van der Waals surface area contributed by atoms with E-state index in [4.69, 9.17) is 4.74 Å². The van der Waals surface area contributed by atoms with Crippen molar-refractivity contribution < 1.29 is 19.4 Å². The number of benzene rings is 1. The van der Waals surface area contributed by atoms with Gasteiger partial charge in [0.25, 0.3) is 5.91 Å². The average Bonchev–Trinajstić information content (AvgIpc) is 2.50. The molecule has 1 aromatic rings. The fourth-order valence-electron chi connectivity index (χ4n) is 2.02. The number of unbranched alkanes of at least 4 members (excludes halogenated alkanes) is 3. The van der Waals surface area contributed by atoms with Crippen molar-refractivity contribution in [1.82, 2.24) is 5.32 Å². The van der Waals surface area contributed by atoms with E-state index in [2.05, 4.69) is 12.2 Å². The number of phenols is 1. The zero-order chi connectivity index (χ0) is 15.7. The van der Waals surface area contributed by atoms with E-state index < -0.39 is 12.0 Å². The van der Waals surface area contributed by atoms with Crippen molar-refractivity contribution in [3.05, 3.63) is 29.8 Å². The standard InChI is InChI=1S/C16H23NO4/c1-3-4-5-6-7-14(16(20)21-2)17-15(19)12-8-10-13(18)11-9-12/h8-11,14,18H,3-7H2,1-2H3,(H,17,19)/t14-/m0/s1. The molecule has 0 aliphatic heterocycles. The summed E-state index contributed by atoms with van der Waals surface area (Å²) in [7, 11) is 1.31.